The highest BCUT2D eigenvalue weighted by Gasteiger charge is 2.26. The van der Waals surface area contributed by atoms with Gasteiger partial charge >= 0.3 is 5.97 Å². The van der Waals surface area contributed by atoms with Crippen molar-refractivity contribution in [3.8, 4) is 22.8 Å². The van der Waals surface area contributed by atoms with Crippen molar-refractivity contribution in [2.45, 2.75) is 25.7 Å². The van der Waals surface area contributed by atoms with Gasteiger partial charge in [-0.2, -0.15) is 0 Å². The standard InChI is InChI=1S/C27H25NO5S/c1-30-17-10-8-16(9-11-17)23-15-21(20-14-18(31-2)12-13-22(20)33-23)28-26-25(27(29)32-3)19-6-4-5-7-24(19)34-26/h8-15H,4-7H2,1-3H3/b28-21+. The molecule has 2 aromatic heterocycles. The number of benzene rings is 2. The molecule has 7 heteroatoms. The lowest BCUT2D eigenvalue weighted by Gasteiger charge is -2.11. The Balaban J connectivity index is 1.76. The van der Waals surface area contributed by atoms with E-state index in [2.05, 4.69) is 0 Å². The first-order chi connectivity index (χ1) is 16.6. The molecule has 0 spiro atoms. The third-order valence-corrected chi connectivity index (χ3v) is 7.27. The summed E-state index contributed by atoms with van der Waals surface area (Å²) in [5.74, 6) is 1.80. The Kier molecular flexibility index (Phi) is 6.11. The van der Waals surface area contributed by atoms with Crippen LogP contribution in [0.2, 0.25) is 0 Å². The molecule has 0 aliphatic heterocycles. The van der Waals surface area contributed by atoms with Crippen LogP contribution in [0.1, 0.15) is 33.6 Å². The zero-order valence-corrected chi connectivity index (χ0v) is 20.2. The lowest BCUT2D eigenvalue weighted by atomic mass is 9.95. The second-order valence-corrected chi connectivity index (χ2v) is 9.16. The summed E-state index contributed by atoms with van der Waals surface area (Å²) in [6.45, 7) is 0. The van der Waals surface area contributed by atoms with E-state index in [1.165, 1.54) is 12.0 Å². The molecule has 174 valence electrons. The summed E-state index contributed by atoms with van der Waals surface area (Å²) in [6, 6.07) is 15.2. The predicted molar refractivity (Wildman–Crippen MR) is 132 cm³/mol. The fourth-order valence-electron chi connectivity index (χ4n) is 4.32. The summed E-state index contributed by atoms with van der Waals surface area (Å²) in [5.41, 5.74) is 3.24. The molecule has 4 aromatic rings. The number of esters is 1. The maximum atomic E-state index is 12.7. The molecule has 0 saturated carbocycles. The van der Waals surface area contributed by atoms with Crippen LogP contribution in [0.15, 0.2) is 57.9 Å². The molecular weight excluding hydrogens is 450 g/mol. The Morgan fingerprint density at radius 1 is 0.941 bits per heavy atom. The van der Waals surface area contributed by atoms with E-state index < -0.39 is 0 Å². The highest BCUT2D eigenvalue weighted by Crippen LogP contribution is 2.40. The van der Waals surface area contributed by atoms with Crippen molar-refractivity contribution in [3.63, 3.8) is 0 Å². The first-order valence-electron chi connectivity index (χ1n) is 11.1. The Morgan fingerprint density at radius 2 is 1.68 bits per heavy atom. The number of hydrogen-bond donors (Lipinski definition) is 0. The fraction of sp³-hybridized carbons (Fsp3) is 0.259. The second-order valence-electron chi connectivity index (χ2n) is 8.08. The molecule has 0 bridgehead atoms. The van der Waals surface area contributed by atoms with Crippen LogP contribution >= 0.6 is 11.3 Å². The van der Waals surface area contributed by atoms with Gasteiger partial charge in [-0.25, -0.2) is 9.79 Å². The van der Waals surface area contributed by atoms with Gasteiger partial charge < -0.3 is 18.6 Å². The fourth-order valence-corrected chi connectivity index (χ4v) is 5.58. The molecule has 5 rings (SSSR count). The van der Waals surface area contributed by atoms with Crippen molar-refractivity contribution in [1.29, 1.82) is 0 Å². The maximum absolute atomic E-state index is 12.7. The van der Waals surface area contributed by atoms with Gasteiger partial charge in [0, 0.05) is 21.9 Å². The quantitative estimate of drug-likeness (QED) is 0.327. The summed E-state index contributed by atoms with van der Waals surface area (Å²) in [7, 11) is 4.69. The highest BCUT2D eigenvalue weighted by atomic mass is 32.1. The largest absolute Gasteiger partial charge is 0.497 e. The highest BCUT2D eigenvalue weighted by molar-refractivity contribution is 7.16. The van der Waals surface area contributed by atoms with E-state index in [4.69, 9.17) is 23.6 Å². The van der Waals surface area contributed by atoms with Crippen molar-refractivity contribution in [3.05, 3.63) is 69.9 Å². The molecule has 0 unspecified atom stereocenters. The zero-order chi connectivity index (χ0) is 23.7. The molecule has 0 atom stereocenters. The molecule has 2 aromatic carbocycles. The van der Waals surface area contributed by atoms with Crippen LogP contribution in [-0.4, -0.2) is 27.3 Å². The average molecular weight is 476 g/mol. The van der Waals surface area contributed by atoms with Gasteiger partial charge in [0.2, 0.25) is 0 Å². The minimum atomic E-state index is -0.337. The molecule has 34 heavy (non-hydrogen) atoms. The number of ether oxygens (including phenoxy) is 3. The normalized spacial score (nSPS) is 13.6. The first-order valence-corrected chi connectivity index (χ1v) is 12.0. The minimum Gasteiger partial charge on any atom is -0.497 e. The van der Waals surface area contributed by atoms with Gasteiger partial charge in [0.05, 0.1) is 32.3 Å². The van der Waals surface area contributed by atoms with Crippen LogP contribution in [0.25, 0.3) is 22.3 Å². The molecular formula is C27H25NO5S. The number of hydrogen-bond acceptors (Lipinski definition) is 7. The topological polar surface area (TPSA) is 70.3 Å². The number of carbonyl (C=O) groups is 1. The number of carbonyl (C=O) groups excluding carboxylic acids is 1. The zero-order valence-electron chi connectivity index (χ0n) is 19.3. The summed E-state index contributed by atoms with van der Waals surface area (Å²) < 4.78 is 22.1. The van der Waals surface area contributed by atoms with Crippen molar-refractivity contribution in [1.82, 2.24) is 0 Å². The van der Waals surface area contributed by atoms with Crippen LogP contribution in [-0.2, 0) is 17.6 Å². The molecule has 1 aliphatic rings. The van der Waals surface area contributed by atoms with Crippen molar-refractivity contribution in [2.24, 2.45) is 4.99 Å². The monoisotopic (exact) mass is 475 g/mol. The van der Waals surface area contributed by atoms with E-state index in [-0.39, 0.29) is 5.97 Å². The Hall–Kier alpha value is -3.58. The van der Waals surface area contributed by atoms with E-state index in [1.54, 1.807) is 25.6 Å². The molecule has 1 aliphatic carbocycles. The molecule has 6 nitrogen and oxygen atoms in total. The number of fused-ring (bicyclic) bond motifs is 2. The van der Waals surface area contributed by atoms with Crippen LogP contribution in [0, 0.1) is 0 Å². The van der Waals surface area contributed by atoms with Gasteiger partial charge in [0.25, 0.3) is 0 Å². The SMILES string of the molecule is COC(=O)c1c(/N=c2\cc(-c3ccc(OC)cc3)oc3ccc(OC)cc23)sc2c1CCCC2. The lowest BCUT2D eigenvalue weighted by Crippen LogP contribution is -2.08. The van der Waals surface area contributed by atoms with Crippen LogP contribution < -0.4 is 14.8 Å². The van der Waals surface area contributed by atoms with Gasteiger partial charge in [0.1, 0.15) is 27.8 Å². The first kappa shape index (κ1) is 22.2. The van der Waals surface area contributed by atoms with Crippen LogP contribution in [0.4, 0.5) is 5.00 Å². The lowest BCUT2D eigenvalue weighted by molar-refractivity contribution is 0.0600. The van der Waals surface area contributed by atoms with E-state index in [0.29, 0.717) is 33.0 Å². The second kappa shape index (κ2) is 9.35. The summed E-state index contributed by atoms with van der Waals surface area (Å²) in [4.78, 5) is 19.0. The summed E-state index contributed by atoms with van der Waals surface area (Å²) >= 11 is 1.58. The van der Waals surface area contributed by atoms with Gasteiger partial charge in [-0.15, -0.1) is 11.3 Å². The third-order valence-electron chi connectivity index (χ3n) is 6.09. The van der Waals surface area contributed by atoms with E-state index >= 15 is 0 Å². The minimum absolute atomic E-state index is 0.337. The molecule has 0 radical (unpaired) electrons. The molecule has 0 amide bonds. The van der Waals surface area contributed by atoms with Gasteiger partial charge in [-0.1, -0.05) is 0 Å². The third kappa shape index (κ3) is 4.07. The Labute approximate surface area is 201 Å². The summed E-state index contributed by atoms with van der Waals surface area (Å²) in [6.07, 6.45) is 4.04. The number of thiophene rings is 1. The van der Waals surface area contributed by atoms with E-state index in [0.717, 1.165) is 47.9 Å². The van der Waals surface area contributed by atoms with Gasteiger partial charge in [-0.3, -0.25) is 0 Å². The Morgan fingerprint density at radius 3 is 2.41 bits per heavy atom. The maximum Gasteiger partial charge on any atom is 0.341 e. The molecule has 2 heterocycles. The van der Waals surface area contributed by atoms with Crippen molar-refractivity contribution < 1.29 is 23.4 Å². The van der Waals surface area contributed by atoms with E-state index in [1.807, 2.05) is 48.5 Å². The molecule has 0 fully saturated rings. The van der Waals surface area contributed by atoms with Crippen LogP contribution in [0.5, 0.6) is 11.5 Å². The summed E-state index contributed by atoms with van der Waals surface area (Å²) in [5, 5.41) is 2.18. The number of aryl methyl sites for hydroxylation is 1. The van der Waals surface area contributed by atoms with Gasteiger partial charge in [0.15, 0.2) is 0 Å². The van der Waals surface area contributed by atoms with Gasteiger partial charge in [-0.05, 0) is 73.7 Å². The Bertz CT molecular complexity index is 1430. The van der Waals surface area contributed by atoms with Crippen molar-refractivity contribution in [2.75, 3.05) is 21.3 Å². The number of methoxy groups -OCH3 is 3. The number of rotatable bonds is 5. The van der Waals surface area contributed by atoms with E-state index in [9.17, 15) is 4.79 Å². The average Bonchev–Trinajstić information content (AvgIpc) is 3.25. The number of nitrogens with zero attached hydrogens (tertiary/aromatic N) is 1. The van der Waals surface area contributed by atoms with Crippen molar-refractivity contribution >= 4 is 33.3 Å². The molecule has 0 N–H and O–H groups in total. The van der Waals surface area contributed by atoms with Crippen LogP contribution in [0.3, 0.4) is 0 Å². The molecule has 0 saturated heterocycles. The smallest absolute Gasteiger partial charge is 0.341 e. The predicted octanol–water partition coefficient (Wildman–Crippen LogP) is 6.08.